The minimum Gasteiger partial charge on any atom is -0.368 e. The van der Waals surface area contributed by atoms with Crippen LogP contribution in [0.2, 0.25) is 0 Å². The molecule has 1 aromatic heterocycles. The van der Waals surface area contributed by atoms with Crippen LogP contribution in [-0.4, -0.2) is 16.6 Å². The van der Waals surface area contributed by atoms with E-state index < -0.39 is 0 Å². The van der Waals surface area contributed by atoms with E-state index in [1.807, 2.05) is 13.8 Å². The van der Waals surface area contributed by atoms with Crippen LogP contribution in [0.1, 0.15) is 33.0 Å². The molecule has 1 heterocycles. The first kappa shape index (κ1) is 12.8. The van der Waals surface area contributed by atoms with E-state index in [4.69, 9.17) is 17.0 Å². The summed E-state index contributed by atoms with van der Waals surface area (Å²) in [6, 6.07) is 0. The molecule has 1 aromatic rings. The Hall–Kier alpha value is -0.260. The average molecular weight is 291 g/mol. The van der Waals surface area contributed by atoms with Gasteiger partial charge in [-0.25, -0.2) is 4.98 Å². The van der Waals surface area contributed by atoms with Gasteiger partial charge < -0.3 is 9.72 Å². The maximum atomic E-state index is 5.70. The van der Waals surface area contributed by atoms with Crippen molar-refractivity contribution in [3.63, 3.8) is 0 Å². The van der Waals surface area contributed by atoms with Gasteiger partial charge in [-0.2, -0.15) is 0 Å². The molecule has 0 aromatic carbocycles. The summed E-state index contributed by atoms with van der Waals surface area (Å²) in [5, 5.41) is 0. The lowest BCUT2D eigenvalue weighted by Crippen LogP contribution is -2.27. The zero-order chi connectivity index (χ0) is 11.5. The fraction of sp³-hybridized carbons (Fsp3) is 0.600. The Balaban J connectivity index is 3.13. The first-order valence-corrected chi connectivity index (χ1v) is 6.13. The summed E-state index contributed by atoms with van der Waals surface area (Å²) in [4.78, 5) is 7.39. The van der Waals surface area contributed by atoms with Crippen molar-refractivity contribution in [1.29, 1.82) is 0 Å². The third-order valence-electron chi connectivity index (χ3n) is 2.39. The average Bonchev–Trinajstić information content (AvgIpc) is 2.22. The summed E-state index contributed by atoms with van der Waals surface area (Å²) in [7, 11) is 0. The van der Waals surface area contributed by atoms with E-state index in [0.717, 1.165) is 16.7 Å². The molecular formula is C10H15BrN2OS. The highest BCUT2D eigenvalue weighted by Gasteiger charge is 2.27. The number of ether oxygens (including phenoxy) is 1. The van der Waals surface area contributed by atoms with Crippen LogP contribution in [0.4, 0.5) is 0 Å². The zero-order valence-corrected chi connectivity index (χ0v) is 11.5. The van der Waals surface area contributed by atoms with Gasteiger partial charge in [0.1, 0.15) is 16.1 Å². The summed E-state index contributed by atoms with van der Waals surface area (Å²) < 4.78 is 7.16. The molecular weight excluding hydrogens is 276 g/mol. The van der Waals surface area contributed by atoms with E-state index >= 15 is 0 Å². The van der Waals surface area contributed by atoms with Gasteiger partial charge in [-0.1, -0.05) is 19.1 Å². The van der Waals surface area contributed by atoms with Crippen LogP contribution >= 0.6 is 28.1 Å². The van der Waals surface area contributed by atoms with Gasteiger partial charge in [0.2, 0.25) is 0 Å². The van der Waals surface area contributed by atoms with Crippen molar-refractivity contribution in [3.8, 4) is 0 Å². The Bertz CT molecular complexity index is 393. The molecule has 1 rings (SSSR count). The lowest BCUT2D eigenvalue weighted by atomic mass is 10.0. The molecule has 0 aliphatic carbocycles. The molecule has 5 heteroatoms. The van der Waals surface area contributed by atoms with Crippen LogP contribution < -0.4 is 0 Å². The van der Waals surface area contributed by atoms with Crippen molar-refractivity contribution in [2.75, 3.05) is 6.61 Å². The minimum atomic E-state index is -0.386. The predicted octanol–water partition coefficient (Wildman–Crippen LogP) is 3.56. The highest BCUT2D eigenvalue weighted by Crippen LogP contribution is 2.26. The smallest absolute Gasteiger partial charge is 0.139 e. The van der Waals surface area contributed by atoms with E-state index in [1.165, 1.54) is 0 Å². The Morgan fingerprint density at radius 1 is 1.60 bits per heavy atom. The SMILES string of the molecule is CCOC(C)(CC)c1ncc(Br)c(=S)[nH]1. The van der Waals surface area contributed by atoms with E-state index in [2.05, 4.69) is 32.8 Å². The summed E-state index contributed by atoms with van der Waals surface area (Å²) in [5.41, 5.74) is -0.386. The minimum absolute atomic E-state index is 0.386. The lowest BCUT2D eigenvalue weighted by molar-refractivity contribution is -0.0391. The summed E-state index contributed by atoms with van der Waals surface area (Å²) in [5.74, 6) is 0.778. The molecule has 0 amide bonds. The normalized spacial score (nSPS) is 14.9. The Morgan fingerprint density at radius 2 is 2.27 bits per heavy atom. The monoisotopic (exact) mass is 290 g/mol. The quantitative estimate of drug-likeness (QED) is 0.862. The van der Waals surface area contributed by atoms with Gasteiger partial charge in [-0.15, -0.1) is 0 Å². The molecule has 0 saturated carbocycles. The maximum Gasteiger partial charge on any atom is 0.139 e. The molecule has 15 heavy (non-hydrogen) atoms. The fourth-order valence-electron chi connectivity index (χ4n) is 1.30. The lowest BCUT2D eigenvalue weighted by Gasteiger charge is -2.26. The number of rotatable bonds is 4. The summed E-state index contributed by atoms with van der Waals surface area (Å²) in [6.45, 7) is 6.71. The van der Waals surface area contributed by atoms with Gasteiger partial charge in [0.05, 0.1) is 4.47 Å². The standard InChI is InChI=1S/C10H15BrN2OS/c1-4-10(3,14-5-2)9-12-6-7(11)8(15)13-9/h6H,4-5H2,1-3H3,(H,12,13,15). The number of nitrogens with one attached hydrogen (secondary N) is 1. The van der Waals surface area contributed by atoms with Gasteiger partial charge in [0.15, 0.2) is 0 Å². The first-order chi connectivity index (χ1) is 7.03. The van der Waals surface area contributed by atoms with Crippen LogP contribution in [0, 0.1) is 4.64 Å². The van der Waals surface area contributed by atoms with Crippen molar-refractivity contribution in [2.24, 2.45) is 0 Å². The Kier molecular flexibility index (Phi) is 4.43. The van der Waals surface area contributed by atoms with E-state index in [0.29, 0.717) is 11.2 Å². The second-order valence-electron chi connectivity index (χ2n) is 3.43. The molecule has 0 radical (unpaired) electrons. The number of halogens is 1. The number of hydrogen-bond acceptors (Lipinski definition) is 3. The Labute approximate surface area is 103 Å². The van der Waals surface area contributed by atoms with Gasteiger partial charge >= 0.3 is 0 Å². The molecule has 1 N–H and O–H groups in total. The number of hydrogen-bond donors (Lipinski definition) is 1. The number of nitrogens with zero attached hydrogens (tertiary/aromatic N) is 1. The highest BCUT2D eigenvalue weighted by atomic mass is 79.9. The molecule has 84 valence electrons. The van der Waals surface area contributed by atoms with Crippen LogP contribution in [0.15, 0.2) is 10.7 Å². The van der Waals surface area contributed by atoms with Crippen molar-refractivity contribution >= 4 is 28.1 Å². The van der Waals surface area contributed by atoms with Crippen LogP contribution in [0.3, 0.4) is 0 Å². The zero-order valence-electron chi connectivity index (χ0n) is 9.13. The summed E-state index contributed by atoms with van der Waals surface area (Å²) in [6.07, 6.45) is 2.56. The van der Waals surface area contributed by atoms with Gasteiger partial charge in [0.25, 0.3) is 0 Å². The number of aromatic amines is 1. The van der Waals surface area contributed by atoms with Gasteiger partial charge in [-0.05, 0) is 36.2 Å². The Morgan fingerprint density at radius 3 is 2.73 bits per heavy atom. The summed E-state index contributed by atoms with van der Waals surface area (Å²) >= 11 is 8.46. The van der Waals surface area contributed by atoms with Crippen LogP contribution in [0.5, 0.6) is 0 Å². The number of aromatic nitrogens is 2. The maximum absolute atomic E-state index is 5.70. The van der Waals surface area contributed by atoms with Gasteiger partial charge in [0, 0.05) is 12.8 Å². The van der Waals surface area contributed by atoms with Crippen molar-refractivity contribution in [1.82, 2.24) is 9.97 Å². The third-order valence-corrected chi connectivity index (χ3v) is 3.58. The fourth-order valence-corrected chi connectivity index (χ4v) is 1.66. The second-order valence-corrected chi connectivity index (χ2v) is 4.69. The molecule has 3 nitrogen and oxygen atoms in total. The van der Waals surface area contributed by atoms with Crippen molar-refractivity contribution in [2.45, 2.75) is 32.8 Å². The molecule has 0 saturated heterocycles. The molecule has 0 bridgehead atoms. The predicted molar refractivity (Wildman–Crippen MR) is 66.4 cm³/mol. The molecule has 1 unspecified atom stereocenters. The second kappa shape index (κ2) is 5.18. The molecule has 0 fully saturated rings. The molecule has 0 aliphatic heterocycles. The van der Waals surface area contributed by atoms with Gasteiger partial charge in [-0.3, -0.25) is 0 Å². The van der Waals surface area contributed by atoms with E-state index in [9.17, 15) is 0 Å². The van der Waals surface area contributed by atoms with Crippen LogP contribution in [-0.2, 0) is 10.3 Å². The van der Waals surface area contributed by atoms with Crippen molar-refractivity contribution < 1.29 is 4.74 Å². The van der Waals surface area contributed by atoms with Crippen molar-refractivity contribution in [3.05, 3.63) is 21.1 Å². The molecule has 1 atom stereocenters. The topological polar surface area (TPSA) is 37.9 Å². The molecule has 0 spiro atoms. The first-order valence-electron chi connectivity index (χ1n) is 4.92. The third kappa shape index (κ3) is 2.86. The van der Waals surface area contributed by atoms with E-state index in [1.54, 1.807) is 6.20 Å². The largest absolute Gasteiger partial charge is 0.368 e. The highest BCUT2D eigenvalue weighted by molar-refractivity contribution is 9.10. The molecule has 0 aliphatic rings. The van der Waals surface area contributed by atoms with E-state index in [-0.39, 0.29) is 5.60 Å². The van der Waals surface area contributed by atoms with Crippen LogP contribution in [0.25, 0.3) is 0 Å². The number of H-pyrrole nitrogens is 1.